The Morgan fingerprint density at radius 1 is 1.07 bits per heavy atom. The number of hydrogen-bond donors (Lipinski definition) is 1. The van der Waals surface area contributed by atoms with E-state index in [1.54, 1.807) is 12.4 Å². The molecule has 0 fully saturated rings. The lowest BCUT2D eigenvalue weighted by atomic mass is 10.1. The van der Waals surface area contributed by atoms with Gasteiger partial charge in [0.1, 0.15) is 5.82 Å². The monoisotopic (exact) mass is 389 g/mol. The largest absolute Gasteiger partial charge is 0.350 e. The number of aromatic nitrogens is 3. The summed E-state index contributed by atoms with van der Waals surface area (Å²) in [5, 5.41) is 3.05. The molecule has 1 aromatic carbocycles. The van der Waals surface area contributed by atoms with E-state index in [0.29, 0.717) is 5.82 Å². The molecule has 0 aliphatic carbocycles. The first-order valence-corrected chi connectivity index (χ1v) is 9.60. The van der Waals surface area contributed by atoms with Gasteiger partial charge in [0.05, 0.1) is 6.54 Å². The van der Waals surface area contributed by atoms with Crippen LogP contribution in [0.15, 0.2) is 36.7 Å². The number of hydrogen-bond acceptors (Lipinski definition) is 5. The molecular formula is C23H27N5O. The summed E-state index contributed by atoms with van der Waals surface area (Å²) in [4.78, 5) is 28.0. The number of amides is 1. The zero-order valence-electron chi connectivity index (χ0n) is 17.9. The molecule has 2 aromatic heterocycles. The summed E-state index contributed by atoms with van der Waals surface area (Å²) in [5.41, 5.74) is 6.87. The molecule has 0 saturated carbocycles. The Morgan fingerprint density at radius 2 is 1.76 bits per heavy atom. The summed E-state index contributed by atoms with van der Waals surface area (Å²) < 4.78 is 0. The van der Waals surface area contributed by atoms with Crippen LogP contribution in [0.1, 0.15) is 27.9 Å². The summed E-state index contributed by atoms with van der Waals surface area (Å²) in [5.74, 6) is 1.26. The van der Waals surface area contributed by atoms with E-state index in [9.17, 15) is 4.79 Å². The highest BCUT2D eigenvalue weighted by molar-refractivity contribution is 5.95. The minimum absolute atomic E-state index is 0.0823. The lowest BCUT2D eigenvalue weighted by Gasteiger charge is -2.22. The van der Waals surface area contributed by atoms with Crippen LogP contribution in [-0.2, 0) is 4.79 Å². The van der Waals surface area contributed by atoms with Gasteiger partial charge in [-0.1, -0.05) is 17.7 Å². The molecule has 1 N–H and O–H groups in total. The van der Waals surface area contributed by atoms with Crippen LogP contribution >= 0.6 is 0 Å². The number of nitrogens with zero attached hydrogens (tertiary/aromatic N) is 4. The van der Waals surface area contributed by atoms with Crippen molar-refractivity contribution in [3.8, 4) is 11.4 Å². The smallest absolute Gasteiger partial charge is 0.243 e. The van der Waals surface area contributed by atoms with E-state index in [-0.39, 0.29) is 12.5 Å². The fourth-order valence-corrected chi connectivity index (χ4v) is 3.46. The highest BCUT2D eigenvalue weighted by atomic mass is 16.2. The highest BCUT2D eigenvalue weighted by Crippen LogP contribution is 2.24. The van der Waals surface area contributed by atoms with Gasteiger partial charge in [0.2, 0.25) is 5.91 Å². The summed E-state index contributed by atoms with van der Waals surface area (Å²) in [7, 11) is 1.87. The average molecular weight is 390 g/mol. The van der Waals surface area contributed by atoms with Crippen LogP contribution in [0.3, 0.4) is 0 Å². The summed E-state index contributed by atoms with van der Waals surface area (Å²) in [6.45, 7) is 10.2. The fraction of sp³-hybridized carbons (Fsp3) is 0.304. The maximum Gasteiger partial charge on any atom is 0.243 e. The number of pyridine rings is 1. The predicted molar refractivity (Wildman–Crippen MR) is 117 cm³/mol. The number of benzene rings is 1. The zero-order chi connectivity index (χ0) is 21.1. The van der Waals surface area contributed by atoms with Crippen molar-refractivity contribution in [3.05, 3.63) is 64.6 Å². The molecule has 3 rings (SSSR count). The number of rotatable bonds is 5. The third-order valence-corrected chi connectivity index (χ3v) is 4.97. The van der Waals surface area contributed by atoms with Crippen molar-refractivity contribution < 1.29 is 4.79 Å². The first-order valence-electron chi connectivity index (χ1n) is 9.60. The third-order valence-electron chi connectivity index (χ3n) is 4.97. The standard InChI is InChI=1S/C23H27N5O/c1-14-10-15(2)21(16(3)11-14)26-20(29)13-28(6)23-17(4)18(5)25-22(27-23)19-8-7-9-24-12-19/h7-12H,13H2,1-6H3,(H,26,29). The quantitative estimate of drug-likeness (QED) is 0.710. The molecule has 0 aliphatic heterocycles. The van der Waals surface area contributed by atoms with Crippen LogP contribution in [0.4, 0.5) is 11.5 Å². The van der Waals surface area contributed by atoms with Crippen LogP contribution < -0.4 is 10.2 Å². The van der Waals surface area contributed by atoms with Gasteiger partial charge in [0.25, 0.3) is 0 Å². The molecular weight excluding hydrogens is 362 g/mol. The maximum absolute atomic E-state index is 12.7. The molecule has 0 atom stereocenters. The number of carbonyl (C=O) groups excluding carboxylic acids is 1. The Kier molecular flexibility index (Phi) is 5.92. The minimum atomic E-state index is -0.0823. The van der Waals surface area contributed by atoms with Crippen molar-refractivity contribution in [1.82, 2.24) is 15.0 Å². The Morgan fingerprint density at radius 3 is 2.38 bits per heavy atom. The molecule has 0 bridgehead atoms. The topological polar surface area (TPSA) is 71.0 Å². The van der Waals surface area contributed by atoms with E-state index in [4.69, 9.17) is 4.98 Å². The maximum atomic E-state index is 12.7. The van der Waals surface area contributed by atoms with E-state index in [2.05, 4.69) is 34.3 Å². The lowest BCUT2D eigenvalue weighted by Crippen LogP contribution is -2.32. The Labute approximate surface area is 172 Å². The van der Waals surface area contributed by atoms with E-state index in [1.807, 2.05) is 51.8 Å². The van der Waals surface area contributed by atoms with E-state index in [0.717, 1.165) is 39.5 Å². The van der Waals surface area contributed by atoms with E-state index < -0.39 is 0 Å². The van der Waals surface area contributed by atoms with Crippen LogP contribution in [0.2, 0.25) is 0 Å². The summed E-state index contributed by atoms with van der Waals surface area (Å²) >= 11 is 0. The molecule has 0 saturated heterocycles. The van der Waals surface area contributed by atoms with E-state index >= 15 is 0 Å². The Bertz CT molecular complexity index is 1020. The van der Waals surface area contributed by atoms with Crippen molar-refractivity contribution in [2.24, 2.45) is 0 Å². The average Bonchev–Trinajstić information content (AvgIpc) is 2.67. The van der Waals surface area contributed by atoms with Gasteiger partial charge in [0, 0.05) is 41.9 Å². The summed E-state index contributed by atoms with van der Waals surface area (Å²) in [6.07, 6.45) is 3.46. The first-order chi connectivity index (χ1) is 13.8. The molecule has 2 heterocycles. The molecule has 0 spiro atoms. The SMILES string of the molecule is Cc1cc(C)c(NC(=O)CN(C)c2nc(-c3cccnc3)nc(C)c2C)c(C)c1. The van der Waals surface area contributed by atoms with Crippen LogP contribution in [0.25, 0.3) is 11.4 Å². The van der Waals surface area contributed by atoms with E-state index in [1.165, 1.54) is 5.56 Å². The summed E-state index contributed by atoms with van der Waals surface area (Å²) in [6, 6.07) is 7.93. The second-order valence-electron chi connectivity index (χ2n) is 7.50. The van der Waals surface area contributed by atoms with Crippen molar-refractivity contribution in [2.75, 3.05) is 23.8 Å². The molecule has 3 aromatic rings. The fourth-order valence-electron chi connectivity index (χ4n) is 3.46. The lowest BCUT2D eigenvalue weighted by molar-refractivity contribution is -0.114. The van der Waals surface area contributed by atoms with Gasteiger partial charge in [-0.3, -0.25) is 9.78 Å². The zero-order valence-corrected chi connectivity index (χ0v) is 17.9. The molecule has 1 amide bonds. The van der Waals surface area contributed by atoms with Crippen LogP contribution in [0.5, 0.6) is 0 Å². The number of carbonyl (C=O) groups is 1. The number of likely N-dealkylation sites (N-methyl/N-ethyl adjacent to an activating group) is 1. The second-order valence-corrected chi connectivity index (χ2v) is 7.50. The van der Waals surface area contributed by atoms with Gasteiger partial charge in [-0.15, -0.1) is 0 Å². The normalized spacial score (nSPS) is 10.7. The van der Waals surface area contributed by atoms with Crippen molar-refractivity contribution in [1.29, 1.82) is 0 Å². The van der Waals surface area contributed by atoms with Gasteiger partial charge in [-0.2, -0.15) is 0 Å². The molecule has 6 heteroatoms. The predicted octanol–water partition coefficient (Wildman–Crippen LogP) is 4.16. The highest BCUT2D eigenvalue weighted by Gasteiger charge is 2.17. The third kappa shape index (κ3) is 4.59. The van der Waals surface area contributed by atoms with Crippen LogP contribution in [-0.4, -0.2) is 34.5 Å². The number of nitrogens with one attached hydrogen (secondary N) is 1. The molecule has 0 radical (unpaired) electrons. The van der Waals surface area contributed by atoms with Gasteiger partial charge in [-0.25, -0.2) is 9.97 Å². The molecule has 29 heavy (non-hydrogen) atoms. The van der Waals surface area contributed by atoms with Gasteiger partial charge in [0.15, 0.2) is 5.82 Å². The molecule has 0 unspecified atom stereocenters. The molecule has 150 valence electrons. The van der Waals surface area contributed by atoms with Gasteiger partial charge >= 0.3 is 0 Å². The number of aryl methyl sites for hydroxylation is 4. The van der Waals surface area contributed by atoms with Crippen LogP contribution in [0, 0.1) is 34.6 Å². The Hall–Kier alpha value is -3.28. The van der Waals surface area contributed by atoms with Crippen molar-refractivity contribution in [3.63, 3.8) is 0 Å². The van der Waals surface area contributed by atoms with Gasteiger partial charge < -0.3 is 10.2 Å². The Balaban J connectivity index is 1.83. The first kappa shape index (κ1) is 20.5. The molecule has 6 nitrogen and oxygen atoms in total. The van der Waals surface area contributed by atoms with Crippen molar-refractivity contribution >= 4 is 17.4 Å². The minimum Gasteiger partial charge on any atom is -0.350 e. The van der Waals surface area contributed by atoms with Gasteiger partial charge in [-0.05, 0) is 57.9 Å². The molecule has 0 aliphatic rings. The van der Waals surface area contributed by atoms with Crippen molar-refractivity contribution in [2.45, 2.75) is 34.6 Å². The number of anilines is 2. The second kappa shape index (κ2) is 8.39.